The van der Waals surface area contributed by atoms with Crippen LogP contribution < -0.4 is 4.90 Å². The van der Waals surface area contributed by atoms with Crippen molar-refractivity contribution in [1.82, 2.24) is 0 Å². The van der Waals surface area contributed by atoms with Crippen LogP contribution in [-0.4, -0.2) is 29.2 Å². The van der Waals surface area contributed by atoms with Crippen molar-refractivity contribution < 1.29 is 15.1 Å². The van der Waals surface area contributed by atoms with Gasteiger partial charge in [0.1, 0.15) is 22.9 Å². The molecule has 0 atom stereocenters. The van der Waals surface area contributed by atoms with Crippen LogP contribution in [0.1, 0.15) is 0 Å². The van der Waals surface area contributed by atoms with Crippen LogP contribution in [0.5, 0.6) is 11.5 Å². The molecule has 114 valence electrons. The van der Waals surface area contributed by atoms with Crippen LogP contribution in [0.3, 0.4) is 0 Å². The molecule has 0 bridgehead atoms. The fraction of sp³-hybridized carbons (Fsp3) is 0.143. The van der Waals surface area contributed by atoms with Crippen LogP contribution in [0.2, 0.25) is 0 Å². The first-order valence-electron chi connectivity index (χ1n) is 6.28. The second-order valence-corrected chi connectivity index (χ2v) is 4.70. The van der Waals surface area contributed by atoms with E-state index in [-0.39, 0.29) is 28.6 Å². The monoisotopic (exact) mass is 302 g/mol. The standard InChI is InChI=1S/C14H14N4O4/c1-17(2)9-3-5-11(13(19)7-9)15-16-12-6-4-10(18(21)22)8-14(12)20/h3-8,19-20H,1-2H3. The maximum absolute atomic E-state index is 10.6. The van der Waals surface area contributed by atoms with E-state index in [2.05, 4.69) is 10.2 Å². The number of nitro benzene ring substituents is 1. The van der Waals surface area contributed by atoms with E-state index in [9.17, 15) is 20.3 Å². The minimum atomic E-state index is -0.619. The quantitative estimate of drug-likeness (QED) is 0.510. The van der Waals surface area contributed by atoms with Crippen molar-refractivity contribution in [3.8, 4) is 11.5 Å². The van der Waals surface area contributed by atoms with Gasteiger partial charge in [-0.1, -0.05) is 0 Å². The zero-order valence-corrected chi connectivity index (χ0v) is 12.0. The fourth-order valence-corrected chi connectivity index (χ4v) is 1.69. The molecule has 0 radical (unpaired) electrons. The average Bonchev–Trinajstić information content (AvgIpc) is 2.46. The van der Waals surface area contributed by atoms with Crippen molar-refractivity contribution in [3.05, 3.63) is 46.5 Å². The summed E-state index contributed by atoms with van der Waals surface area (Å²) in [6, 6.07) is 8.35. The Morgan fingerprint density at radius 3 is 2.00 bits per heavy atom. The Bertz CT molecular complexity index is 744. The lowest BCUT2D eigenvalue weighted by atomic mass is 10.2. The van der Waals surface area contributed by atoms with Gasteiger partial charge in [-0.2, -0.15) is 0 Å². The molecule has 0 heterocycles. The summed E-state index contributed by atoms with van der Waals surface area (Å²) in [6.45, 7) is 0. The van der Waals surface area contributed by atoms with Crippen molar-refractivity contribution in [1.29, 1.82) is 0 Å². The topological polar surface area (TPSA) is 112 Å². The number of rotatable bonds is 4. The van der Waals surface area contributed by atoms with Crippen molar-refractivity contribution in [2.24, 2.45) is 10.2 Å². The van der Waals surface area contributed by atoms with E-state index < -0.39 is 4.92 Å². The number of nitrogens with zero attached hydrogens (tertiary/aromatic N) is 4. The smallest absolute Gasteiger partial charge is 0.273 e. The molecule has 0 amide bonds. The number of anilines is 1. The summed E-state index contributed by atoms with van der Waals surface area (Å²) in [5.74, 6) is -0.418. The van der Waals surface area contributed by atoms with Crippen LogP contribution in [0.15, 0.2) is 46.6 Å². The average molecular weight is 302 g/mol. The van der Waals surface area contributed by atoms with Gasteiger partial charge in [-0.25, -0.2) is 0 Å². The van der Waals surface area contributed by atoms with Gasteiger partial charge >= 0.3 is 0 Å². The van der Waals surface area contributed by atoms with Crippen molar-refractivity contribution >= 4 is 22.7 Å². The SMILES string of the molecule is CN(C)c1ccc(N=Nc2ccc([N+](=O)[O-])cc2O)c(O)c1. The van der Waals surface area contributed by atoms with E-state index in [0.717, 1.165) is 11.8 Å². The molecule has 0 aliphatic heterocycles. The van der Waals surface area contributed by atoms with Gasteiger partial charge in [0.05, 0.1) is 11.0 Å². The molecule has 2 N–H and O–H groups in total. The van der Waals surface area contributed by atoms with Crippen LogP contribution in [0, 0.1) is 10.1 Å². The summed E-state index contributed by atoms with van der Waals surface area (Å²) >= 11 is 0. The van der Waals surface area contributed by atoms with Gasteiger partial charge in [0, 0.05) is 31.9 Å². The first-order chi connectivity index (χ1) is 10.4. The highest BCUT2D eigenvalue weighted by Crippen LogP contribution is 2.34. The molecule has 0 saturated heterocycles. The Kier molecular flexibility index (Phi) is 4.21. The summed E-state index contributed by atoms with van der Waals surface area (Å²) in [4.78, 5) is 11.8. The van der Waals surface area contributed by atoms with Crippen LogP contribution in [0.25, 0.3) is 0 Å². The number of phenols is 2. The first kappa shape index (κ1) is 15.2. The van der Waals surface area contributed by atoms with E-state index in [1.807, 2.05) is 19.0 Å². The first-order valence-corrected chi connectivity index (χ1v) is 6.28. The third-order valence-corrected chi connectivity index (χ3v) is 2.91. The predicted octanol–water partition coefficient (Wildman–Crippen LogP) is 3.49. The van der Waals surface area contributed by atoms with Gasteiger partial charge in [0.15, 0.2) is 0 Å². The Hall–Kier alpha value is -3.16. The molecule has 0 aliphatic rings. The van der Waals surface area contributed by atoms with E-state index in [1.165, 1.54) is 18.2 Å². The Morgan fingerprint density at radius 1 is 1.00 bits per heavy atom. The third-order valence-electron chi connectivity index (χ3n) is 2.91. The van der Waals surface area contributed by atoms with Gasteiger partial charge < -0.3 is 15.1 Å². The Balaban J connectivity index is 2.27. The van der Waals surface area contributed by atoms with Gasteiger partial charge in [0.2, 0.25) is 0 Å². The highest BCUT2D eigenvalue weighted by atomic mass is 16.6. The summed E-state index contributed by atoms with van der Waals surface area (Å²) in [5, 5.41) is 37.8. The van der Waals surface area contributed by atoms with Gasteiger partial charge in [0.25, 0.3) is 5.69 Å². The Labute approximate surface area is 126 Å². The second-order valence-electron chi connectivity index (χ2n) is 4.70. The molecule has 2 rings (SSSR count). The molecule has 0 saturated carbocycles. The molecule has 8 nitrogen and oxygen atoms in total. The molecule has 2 aromatic carbocycles. The molecule has 2 aromatic rings. The molecule has 0 aromatic heterocycles. The summed E-state index contributed by atoms with van der Waals surface area (Å²) in [5.41, 5.74) is 0.856. The van der Waals surface area contributed by atoms with Crippen LogP contribution in [-0.2, 0) is 0 Å². The normalized spacial score (nSPS) is 10.8. The van der Waals surface area contributed by atoms with E-state index >= 15 is 0 Å². The molecular weight excluding hydrogens is 288 g/mol. The fourth-order valence-electron chi connectivity index (χ4n) is 1.69. The molecular formula is C14H14N4O4. The molecule has 0 spiro atoms. The molecule has 22 heavy (non-hydrogen) atoms. The van der Waals surface area contributed by atoms with Crippen molar-refractivity contribution in [2.75, 3.05) is 19.0 Å². The lowest BCUT2D eigenvalue weighted by Crippen LogP contribution is -2.07. The minimum Gasteiger partial charge on any atom is -0.506 e. The lowest BCUT2D eigenvalue weighted by molar-refractivity contribution is -0.384. The largest absolute Gasteiger partial charge is 0.506 e. The molecule has 0 unspecified atom stereocenters. The number of azo groups is 1. The number of aromatic hydroxyl groups is 2. The number of phenolic OH excluding ortho intramolecular Hbond substituents is 2. The molecule has 0 aliphatic carbocycles. The second kappa shape index (κ2) is 6.08. The summed E-state index contributed by atoms with van der Waals surface area (Å²) in [6.07, 6.45) is 0. The van der Waals surface area contributed by atoms with E-state index in [0.29, 0.717) is 0 Å². The summed E-state index contributed by atoms with van der Waals surface area (Å²) < 4.78 is 0. The number of hydrogen-bond acceptors (Lipinski definition) is 7. The zero-order chi connectivity index (χ0) is 16.3. The third kappa shape index (κ3) is 3.29. The van der Waals surface area contributed by atoms with Gasteiger partial charge in [-0.05, 0) is 18.2 Å². The van der Waals surface area contributed by atoms with Crippen molar-refractivity contribution in [2.45, 2.75) is 0 Å². The molecule has 0 fully saturated rings. The maximum Gasteiger partial charge on any atom is 0.273 e. The number of hydrogen-bond donors (Lipinski definition) is 2. The number of benzene rings is 2. The zero-order valence-electron chi connectivity index (χ0n) is 12.0. The van der Waals surface area contributed by atoms with Gasteiger partial charge in [-0.15, -0.1) is 10.2 Å². The predicted molar refractivity (Wildman–Crippen MR) is 81.4 cm³/mol. The minimum absolute atomic E-state index is 0.0589. The Morgan fingerprint density at radius 2 is 1.55 bits per heavy atom. The summed E-state index contributed by atoms with van der Waals surface area (Å²) in [7, 11) is 3.68. The van der Waals surface area contributed by atoms with Crippen LogP contribution in [0.4, 0.5) is 22.7 Å². The number of nitro groups is 1. The van der Waals surface area contributed by atoms with Crippen LogP contribution >= 0.6 is 0 Å². The molecule has 8 heteroatoms. The highest BCUT2D eigenvalue weighted by molar-refractivity contribution is 5.61. The lowest BCUT2D eigenvalue weighted by Gasteiger charge is -2.12. The van der Waals surface area contributed by atoms with E-state index in [1.54, 1.807) is 12.1 Å². The van der Waals surface area contributed by atoms with Crippen molar-refractivity contribution in [3.63, 3.8) is 0 Å². The maximum atomic E-state index is 10.6. The highest BCUT2D eigenvalue weighted by Gasteiger charge is 2.10. The van der Waals surface area contributed by atoms with E-state index in [4.69, 9.17) is 0 Å². The van der Waals surface area contributed by atoms with Gasteiger partial charge in [-0.3, -0.25) is 10.1 Å². The number of non-ortho nitro benzene ring substituents is 1.